The van der Waals surface area contributed by atoms with E-state index >= 15 is 0 Å². The van der Waals surface area contributed by atoms with Gasteiger partial charge >= 0.3 is 0 Å². The van der Waals surface area contributed by atoms with E-state index in [0.717, 1.165) is 35.7 Å². The number of hydrogen-bond acceptors (Lipinski definition) is 4. The first-order valence-corrected chi connectivity index (χ1v) is 7.70. The van der Waals surface area contributed by atoms with Gasteiger partial charge in [-0.3, -0.25) is 4.39 Å². The number of halogens is 1. The highest BCUT2D eigenvalue weighted by Crippen LogP contribution is 2.48. The monoisotopic (exact) mass is 283 g/mol. The first-order valence-electron chi connectivity index (χ1n) is 6.71. The number of rotatable bonds is 5. The maximum absolute atomic E-state index is 12.5. The van der Waals surface area contributed by atoms with Gasteiger partial charge in [0, 0.05) is 35.3 Å². The second-order valence-corrected chi connectivity index (χ2v) is 5.80. The summed E-state index contributed by atoms with van der Waals surface area (Å²) in [6, 6.07) is 0. The van der Waals surface area contributed by atoms with Crippen LogP contribution in [0.25, 0.3) is 0 Å². The maximum Gasteiger partial charge on any atom is 0.137 e. The molecule has 1 aromatic carbocycles. The standard InChI is InChI=1S/C14H18FNO2S/c15-4-8-19-14-11-3-7-17-12(11)9(1-5-16)10-2-6-18-13(10)14/h1-8,16H2. The van der Waals surface area contributed by atoms with Crippen molar-refractivity contribution in [3.05, 3.63) is 16.7 Å². The molecule has 2 aliphatic heterocycles. The molecule has 0 fully saturated rings. The Morgan fingerprint density at radius 2 is 1.84 bits per heavy atom. The minimum Gasteiger partial charge on any atom is -0.493 e. The van der Waals surface area contributed by atoms with Crippen LogP contribution in [0.3, 0.4) is 0 Å². The highest BCUT2D eigenvalue weighted by molar-refractivity contribution is 7.99. The fraction of sp³-hybridized carbons (Fsp3) is 0.571. The largest absolute Gasteiger partial charge is 0.493 e. The van der Waals surface area contributed by atoms with E-state index in [9.17, 15) is 4.39 Å². The molecule has 2 heterocycles. The van der Waals surface area contributed by atoms with E-state index in [1.807, 2.05) is 0 Å². The molecule has 104 valence electrons. The highest BCUT2D eigenvalue weighted by Gasteiger charge is 2.30. The molecule has 2 aliphatic rings. The topological polar surface area (TPSA) is 44.5 Å². The van der Waals surface area contributed by atoms with Crippen LogP contribution in [0.2, 0.25) is 0 Å². The summed E-state index contributed by atoms with van der Waals surface area (Å²) in [5, 5.41) is 0. The SMILES string of the molecule is NCCc1c2c(c(SCCF)c3c1OCC3)OCC2. The molecule has 0 atom stereocenters. The number of ether oxygens (including phenoxy) is 2. The lowest BCUT2D eigenvalue weighted by atomic mass is 9.97. The number of hydrogen-bond donors (Lipinski definition) is 1. The Balaban J connectivity index is 2.10. The average molecular weight is 283 g/mol. The van der Waals surface area contributed by atoms with E-state index in [1.165, 1.54) is 16.7 Å². The summed E-state index contributed by atoms with van der Waals surface area (Å²) in [4.78, 5) is 1.10. The van der Waals surface area contributed by atoms with Crippen molar-refractivity contribution in [2.45, 2.75) is 24.2 Å². The quantitative estimate of drug-likeness (QED) is 0.841. The van der Waals surface area contributed by atoms with Gasteiger partial charge in [-0.25, -0.2) is 0 Å². The van der Waals surface area contributed by atoms with Gasteiger partial charge in [0.25, 0.3) is 0 Å². The van der Waals surface area contributed by atoms with Crippen LogP contribution in [0, 0.1) is 0 Å². The van der Waals surface area contributed by atoms with Crippen molar-refractivity contribution in [1.29, 1.82) is 0 Å². The van der Waals surface area contributed by atoms with Crippen LogP contribution in [-0.4, -0.2) is 32.2 Å². The van der Waals surface area contributed by atoms with Crippen LogP contribution in [0.5, 0.6) is 11.5 Å². The smallest absolute Gasteiger partial charge is 0.137 e. The van der Waals surface area contributed by atoms with Crippen molar-refractivity contribution < 1.29 is 13.9 Å². The third kappa shape index (κ3) is 2.19. The van der Waals surface area contributed by atoms with E-state index in [2.05, 4.69) is 0 Å². The molecule has 5 heteroatoms. The Morgan fingerprint density at radius 3 is 2.58 bits per heavy atom. The third-order valence-electron chi connectivity index (χ3n) is 3.58. The summed E-state index contributed by atoms with van der Waals surface area (Å²) in [6.45, 7) is 1.71. The van der Waals surface area contributed by atoms with Crippen molar-refractivity contribution in [2.24, 2.45) is 5.73 Å². The Kier molecular flexibility index (Phi) is 3.84. The van der Waals surface area contributed by atoms with Gasteiger partial charge in [0.1, 0.15) is 11.5 Å². The zero-order valence-corrected chi connectivity index (χ0v) is 11.7. The Morgan fingerprint density at radius 1 is 1.11 bits per heavy atom. The molecule has 19 heavy (non-hydrogen) atoms. The Labute approximate surface area is 116 Å². The number of fused-ring (bicyclic) bond motifs is 2. The zero-order chi connectivity index (χ0) is 13.2. The second-order valence-electron chi connectivity index (χ2n) is 4.70. The van der Waals surface area contributed by atoms with Crippen molar-refractivity contribution in [1.82, 2.24) is 0 Å². The van der Waals surface area contributed by atoms with Gasteiger partial charge in [-0.2, -0.15) is 0 Å². The minimum absolute atomic E-state index is 0.320. The molecule has 0 saturated heterocycles. The predicted molar refractivity (Wildman–Crippen MR) is 74.3 cm³/mol. The fourth-order valence-corrected chi connectivity index (χ4v) is 3.83. The minimum atomic E-state index is -0.320. The van der Waals surface area contributed by atoms with Gasteiger partial charge in [-0.15, -0.1) is 11.8 Å². The summed E-state index contributed by atoms with van der Waals surface area (Å²) in [5.74, 6) is 2.43. The number of nitrogens with two attached hydrogens (primary N) is 1. The van der Waals surface area contributed by atoms with E-state index < -0.39 is 0 Å². The molecule has 0 bridgehead atoms. The maximum atomic E-state index is 12.5. The zero-order valence-electron chi connectivity index (χ0n) is 10.8. The van der Waals surface area contributed by atoms with Crippen LogP contribution >= 0.6 is 11.8 Å². The highest BCUT2D eigenvalue weighted by atomic mass is 32.2. The van der Waals surface area contributed by atoms with Crippen molar-refractivity contribution in [3.8, 4) is 11.5 Å². The normalized spacial score (nSPS) is 15.9. The van der Waals surface area contributed by atoms with Crippen molar-refractivity contribution in [2.75, 3.05) is 32.2 Å². The second kappa shape index (κ2) is 5.59. The molecule has 0 aliphatic carbocycles. The van der Waals surface area contributed by atoms with Gasteiger partial charge in [-0.1, -0.05) is 0 Å². The molecule has 0 unspecified atom stereocenters. The molecular formula is C14H18FNO2S. The van der Waals surface area contributed by atoms with Crippen LogP contribution < -0.4 is 15.2 Å². The van der Waals surface area contributed by atoms with Crippen molar-refractivity contribution >= 4 is 11.8 Å². The molecule has 2 N–H and O–H groups in total. The molecule has 0 spiro atoms. The lowest BCUT2D eigenvalue weighted by Crippen LogP contribution is -2.07. The number of thioether (sulfide) groups is 1. The molecule has 3 nitrogen and oxygen atoms in total. The van der Waals surface area contributed by atoms with Gasteiger partial charge < -0.3 is 15.2 Å². The van der Waals surface area contributed by atoms with E-state index in [4.69, 9.17) is 15.2 Å². The van der Waals surface area contributed by atoms with Crippen LogP contribution in [0.1, 0.15) is 16.7 Å². The Hall–Kier alpha value is -0.940. The van der Waals surface area contributed by atoms with E-state index in [0.29, 0.717) is 25.5 Å². The lowest BCUT2D eigenvalue weighted by Gasteiger charge is -2.16. The molecule has 3 rings (SSSR count). The van der Waals surface area contributed by atoms with E-state index in [1.54, 1.807) is 11.8 Å². The van der Waals surface area contributed by atoms with Crippen LogP contribution in [0.15, 0.2) is 4.90 Å². The molecule has 0 amide bonds. The summed E-state index contributed by atoms with van der Waals surface area (Å²) in [5.41, 5.74) is 9.36. The molecule has 0 saturated carbocycles. The first kappa shape index (κ1) is 13.1. The first-order chi connectivity index (χ1) is 9.36. The van der Waals surface area contributed by atoms with Crippen LogP contribution in [-0.2, 0) is 19.3 Å². The number of benzene rings is 1. The third-order valence-corrected chi connectivity index (χ3v) is 4.66. The summed E-state index contributed by atoms with van der Waals surface area (Å²) < 4.78 is 24.1. The fourth-order valence-electron chi connectivity index (χ4n) is 2.86. The molecular weight excluding hydrogens is 265 g/mol. The molecule has 0 aromatic heterocycles. The average Bonchev–Trinajstić information content (AvgIpc) is 3.06. The van der Waals surface area contributed by atoms with E-state index in [-0.39, 0.29) is 6.67 Å². The van der Waals surface area contributed by atoms with Gasteiger partial charge in [0.2, 0.25) is 0 Å². The van der Waals surface area contributed by atoms with Gasteiger partial charge in [-0.05, 0) is 13.0 Å². The summed E-state index contributed by atoms with van der Waals surface area (Å²) in [6.07, 6.45) is 2.62. The Bertz CT molecular complexity index is 458. The summed E-state index contributed by atoms with van der Waals surface area (Å²) in [7, 11) is 0. The molecule has 0 radical (unpaired) electrons. The van der Waals surface area contributed by atoms with Crippen molar-refractivity contribution in [3.63, 3.8) is 0 Å². The predicted octanol–water partition coefficient (Wildman–Crippen LogP) is 2.12. The lowest BCUT2D eigenvalue weighted by molar-refractivity contribution is 0.349. The summed E-state index contributed by atoms with van der Waals surface area (Å²) >= 11 is 1.55. The van der Waals surface area contributed by atoms with Gasteiger partial charge in [0.05, 0.1) is 24.8 Å². The number of alkyl halides is 1. The molecule has 1 aromatic rings. The van der Waals surface area contributed by atoms with Gasteiger partial charge in [0.15, 0.2) is 0 Å². The van der Waals surface area contributed by atoms with Crippen LogP contribution in [0.4, 0.5) is 4.39 Å².